The first-order valence-electron chi connectivity index (χ1n) is 14.4. The van der Waals surface area contributed by atoms with Crippen LogP contribution in [0.3, 0.4) is 0 Å². The molecule has 0 bridgehead atoms. The van der Waals surface area contributed by atoms with Crippen LogP contribution in [0.1, 0.15) is 77.3 Å². The normalized spacial score (nSPS) is 14.1. The van der Waals surface area contributed by atoms with Crippen molar-refractivity contribution in [3.8, 4) is 5.75 Å². The van der Waals surface area contributed by atoms with Gasteiger partial charge in [-0.05, 0) is 136 Å². The lowest BCUT2D eigenvalue weighted by Crippen LogP contribution is -2.34. The van der Waals surface area contributed by atoms with Crippen LogP contribution in [-0.2, 0) is 6.42 Å². The third kappa shape index (κ3) is 8.33. The smallest absolute Gasteiger partial charge is 0.255 e. The summed E-state index contributed by atoms with van der Waals surface area (Å²) >= 11 is 5.88. The summed E-state index contributed by atoms with van der Waals surface area (Å²) < 4.78 is 5.69. The van der Waals surface area contributed by atoms with Crippen molar-refractivity contribution >= 4 is 29.1 Å². The fraction of sp³-hybridized carbons (Fsp3) is 0.394. The molecule has 3 aromatic carbocycles. The summed E-state index contributed by atoms with van der Waals surface area (Å²) in [5.41, 5.74) is 4.64. The van der Waals surface area contributed by atoms with Crippen molar-refractivity contribution in [1.82, 2.24) is 10.2 Å². The number of rotatable bonds is 12. The van der Waals surface area contributed by atoms with Crippen molar-refractivity contribution in [2.24, 2.45) is 0 Å². The molecule has 2 amide bonds. The number of carbonyl (C=O) groups is 2. The number of amides is 2. The van der Waals surface area contributed by atoms with Gasteiger partial charge in [-0.1, -0.05) is 24.6 Å². The number of benzene rings is 3. The molecule has 0 radical (unpaired) electrons. The van der Waals surface area contributed by atoms with E-state index in [4.69, 9.17) is 16.3 Å². The molecular weight excluding hydrogens is 522 g/mol. The molecule has 3 aromatic rings. The van der Waals surface area contributed by atoms with Gasteiger partial charge >= 0.3 is 0 Å². The Morgan fingerprint density at radius 2 is 1.57 bits per heavy atom. The van der Waals surface area contributed by atoms with Gasteiger partial charge in [0.05, 0.1) is 6.61 Å². The standard InChI is InChI=1S/C33H40ClN3O3/c1-3-24-23-30(40-4-2)15-16-31(24)25-17-21-37(22-18-25)20-6-5-19-35-32(38)26-9-13-29(14-10-26)36-33(39)27-7-11-28(34)12-8-27/h7-16,23,25H,3-6,17-22H2,1-2H3,(H,35,38)(H,36,39). The second-order valence-corrected chi connectivity index (χ2v) is 10.7. The second kappa shape index (κ2) is 14.9. The number of likely N-dealkylation sites (tertiary alicyclic amines) is 1. The van der Waals surface area contributed by atoms with Crippen molar-refractivity contribution in [2.45, 2.75) is 51.9 Å². The Hall–Kier alpha value is -3.35. The van der Waals surface area contributed by atoms with Crippen molar-refractivity contribution in [3.63, 3.8) is 0 Å². The van der Waals surface area contributed by atoms with Gasteiger partial charge in [0.25, 0.3) is 11.8 Å². The maximum absolute atomic E-state index is 12.5. The monoisotopic (exact) mass is 561 g/mol. The van der Waals surface area contributed by atoms with E-state index in [1.807, 2.05) is 6.92 Å². The number of anilines is 1. The number of aryl methyl sites for hydroxylation is 1. The predicted molar refractivity (Wildman–Crippen MR) is 163 cm³/mol. The van der Waals surface area contributed by atoms with Crippen LogP contribution in [-0.4, -0.2) is 49.5 Å². The highest BCUT2D eigenvalue weighted by molar-refractivity contribution is 6.30. The molecule has 6 nitrogen and oxygen atoms in total. The Labute approximate surface area is 243 Å². The molecule has 1 saturated heterocycles. The fourth-order valence-corrected chi connectivity index (χ4v) is 5.41. The van der Waals surface area contributed by atoms with Crippen molar-refractivity contribution < 1.29 is 14.3 Å². The SMILES string of the molecule is CCOc1ccc(C2CCN(CCCCNC(=O)c3ccc(NC(=O)c4ccc(Cl)cc4)cc3)CC2)c(CC)c1. The average Bonchev–Trinajstić information content (AvgIpc) is 2.98. The topological polar surface area (TPSA) is 70.7 Å². The molecule has 212 valence electrons. The number of nitrogens with zero attached hydrogens (tertiary/aromatic N) is 1. The Bertz CT molecular complexity index is 1250. The zero-order valence-electron chi connectivity index (χ0n) is 23.5. The minimum absolute atomic E-state index is 0.0986. The molecule has 0 aliphatic carbocycles. The molecule has 0 unspecified atom stereocenters. The van der Waals surface area contributed by atoms with Gasteiger partial charge in [0.15, 0.2) is 0 Å². The number of ether oxygens (including phenoxy) is 1. The van der Waals surface area contributed by atoms with Gasteiger partial charge in [-0.3, -0.25) is 9.59 Å². The number of carbonyl (C=O) groups excluding carboxylic acids is 2. The van der Waals surface area contributed by atoms with Gasteiger partial charge in [0.1, 0.15) is 5.75 Å². The molecule has 0 aromatic heterocycles. The van der Waals surface area contributed by atoms with Crippen molar-refractivity contribution in [1.29, 1.82) is 0 Å². The van der Waals surface area contributed by atoms with Gasteiger partial charge in [0.2, 0.25) is 0 Å². The highest BCUT2D eigenvalue weighted by Crippen LogP contribution is 2.32. The van der Waals surface area contributed by atoms with Crippen LogP contribution in [0.4, 0.5) is 5.69 Å². The van der Waals surface area contributed by atoms with E-state index in [2.05, 4.69) is 40.7 Å². The number of unbranched alkanes of at least 4 members (excludes halogenated alkanes) is 1. The van der Waals surface area contributed by atoms with Crippen LogP contribution >= 0.6 is 11.6 Å². The summed E-state index contributed by atoms with van der Waals surface area (Å²) in [4.78, 5) is 27.5. The molecule has 0 saturated carbocycles. The third-order valence-electron chi connectivity index (χ3n) is 7.53. The van der Waals surface area contributed by atoms with Gasteiger partial charge in [-0.25, -0.2) is 0 Å². The number of nitrogens with one attached hydrogen (secondary N) is 2. The highest BCUT2D eigenvalue weighted by atomic mass is 35.5. The molecule has 1 heterocycles. The molecule has 2 N–H and O–H groups in total. The van der Waals surface area contributed by atoms with Crippen LogP contribution in [0.5, 0.6) is 5.75 Å². The van der Waals surface area contributed by atoms with Crippen molar-refractivity contribution in [3.05, 3.63) is 94.0 Å². The molecule has 4 rings (SSSR count). The summed E-state index contributed by atoms with van der Waals surface area (Å²) in [5.74, 6) is 1.28. The zero-order valence-corrected chi connectivity index (χ0v) is 24.3. The predicted octanol–water partition coefficient (Wildman–Crippen LogP) is 6.94. The number of halogens is 1. The number of hydrogen-bond acceptors (Lipinski definition) is 4. The first kappa shape index (κ1) is 29.6. The second-order valence-electron chi connectivity index (χ2n) is 10.3. The first-order valence-corrected chi connectivity index (χ1v) is 14.8. The third-order valence-corrected chi connectivity index (χ3v) is 7.78. The molecule has 1 aliphatic heterocycles. The van der Waals surface area contributed by atoms with Crippen LogP contribution in [0, 0.1) is 0 Å². The summed E-state index contributed by atoms with van der Waals surface area (Å²) in [5, 5.41) is 6.43. The summed E-state index contributed by atoms with van der Waals surface area (Å²) in [7, 11) is 0. The van der Waals surface area contributed by atoms with E-state index in [1.165, 1.54) is 24.0 Å². The van der Waals surface area contributed by atoms with Crippen molar-refractivity contribution in [2.75, 3.05) is 38.1 Å². The maximum atomic E-state index is 12.5. The Morgan fingerprint density at radius 3 is 2.25 bits per heavy atom. The largest absolute Gasteiger partial charge is 0.494 e. The van der Waals surface area contributed by atoms with Gasteiger partial charge in [-0.15, -0.1) is 0 Å². The molecular formula is C33H40ClN3O3. The minimum Gasteiger partial charge on any atom is -0.494 e. The van der Waals surface area contributed by atoms with Crippen LogP contribution < -0.4 is 15.4 Å². The summed E-state index contributed by atoms with van der Waals surface area (Å²) in [6.45, 7) is 8.90. The number of piperidine rings is 1. The molecule has 7 heteroatoms. The summed E-state index contributed by atoms with van der Waals surface area (Å²) in [6, 6.07) is 20.2. The van der Waals surface area contributed by atoms with Crippen LogP contribution in [0.15, 0.2) is 66.7 Å². The van der Waals surface area contributed by atoms with Crippen LogP contribution in [0.25, 0.3) is 0 Å². The van der Waals surface area contributed by atoms with E-state index in [1.54, 1.807) is 48.5 Å². The van der Waals surface area contributed by atoms with E-state index < -0.39 is 0 Å². The lowest BCUT2D eigenvalue weighted by atomic mass is 9.85. The van der Waals surface area contributed by atoms with Gasteiger partial charge < -0.3 is 20.3 Å². The average molecular weight is 562 g/mol. The van der Waals surface area contributed by atoms with E-state index in [0.29, 0.717) is 40.9 Å². The molecule has 0 atom stereocenters. The molecule has 1 aliphatic rings. The molecule has 0 spiro atoms. The van der Waals surface area contributed by atoms with E-state index in [-0.39, 0.29) is 11.8 Å². The first-order chi connectivity index (χ1) is 19.5. The Morgan fingerprint density at radius 1 is 0.900 bits per heavy atom. The minimum atomic E-state index is -0.222. The Kier molecular flexibility index (Phi) is 11.0. The quantitative estimate of drug-likeness (QED) is 0.235. The molecule has 1 fully saturated rings. The lowest BCUT2D eigenvalue weighted by molar-refractivity contribution is 0.0951. The fourth-order valence-electron chi connectivity index (χ4n) is 5.28. The lowest BCUT2D eigenvalue weighted by Gasteiger charge is -2.33. The zero-order chi connectivity index (χ0) is 28.3. The van der Waals surface area contributed by atoms with E-state index in [9.17, 15) is 9.59 Å². The van der Waals surface area contributed by atoms with Gasteiger partial charge in [0, 0.05) is 28.4 Å². The van der Waals surface area contributed by atoms with E-state index in [0.717, 1.165) is 44.6 Å². The molecule has 40 heavy (non-hydrogen) atoms. The highest BCUT2D eigenvalue weighted by Gasteiger charge is 2.22. The summed E-state index contributed by atoms with van der Waals surface area (Å²) in [6.07, 6.45) is 5.42. The van der Waals surface area contributed by atoms with Crippen LogP contribution in [0.2, 0.25) is 5.02 Å². The van der Waals surface area contributed by atoms with Gasteiger partial charge in [-0.2, -0.15) is 0 Å². The number of hydrogen-bond donors (Lipinski definition) is 2. The van der Waals surface area contributed by atoms with E-state index >= 15 is 0 Å². The Balaban J connectivity index is 1.13. The maximum Gasteiger partial charge on any atom is 0.255 e.